The van der Waals surface area contributed by atoms with Crippen molar-refractivity contribution in [3.8, 4) is 0 Å². The first kappa shape index (κ1) is 27.6. The first-order chi connectivity index (χ1) is 17.1. The number of nitrogens with one attached hydrogen (secondary N) is 1. The van der Waals surface area contributed by atoms with Crippen molar-refractivity contribution in [2.45, 2.75) is 64.7 Å². The number of anilines is 2. The van der Waals surface area contributed by atoms with Crippen molar-refractivity contribution in [2.75, 3.05) is 21.9 Å². The van der Waals surface area contributed by atoms with Crippen molar-refractivity contribution in [3.63, 3.8) is 0 Å². The number of aryl methyl sites for hydroxylation is 1. The molecule has 2 aromatic carbocycles. The van der Waals surface area contributed by atoms with E-state index in [0.29, 0.717) is 27.3 Å². The number of hydrogen-bond acceptors (Lipinski definition) is 6. The summed E-state index contributed by atoms with van der Waals surface area (Å²) in [7, 11) is 1.71. The standard InChI is InChI=1S/C27H31F2IN4O3/c1-14-17(9-8-10-20(14)27(28,29)25(4,5)36)15(2)31-23-19-12-22-21(11-18(19)16(3)32-33-23)26(6,37-13-30)24(35)34(22)7/h8-12,15,36H,13H2,1-7H3,(H,31,33)/t15-,26?/m1/s1. The molecule has 2 heterocycles. The normalized spacial score (nSPS) is 18.9. The summed E-state index contributed by atoms with van der Waals surface area (Å²) in [4.78, 5) is 14.7. The Hall–Kier alpha value is -2.44. The van der Waals surface area contributed by atoms with Crippen LogP contribution in [0, 0.1) is 13.8 Å². The lowest BCUT2D eigenvalue weighted by Crippen LogP contribution is -2.40. The zero-order valence-electron chi connectivity index (χ0n) is 21.9. The second-order valence-electron chi connectivity index (χ2n) is 10.2. The van der Waals surface area contributed by atoms with Crippen LogP contribution in [0.2, 0.25) is 0 Å². The number of carbonyl (C=O) groups excluding carboxylic acids is 1. The summed E-state index contributed by atoms with van der Waals surface area (Å²) in [6.07, 6.45) is 0. The van der Waals surface area contributed by atoms with Crippen LogP contribution in [0.5, 0.6) is 0 Å². The van der Waals surface area contributed by atoms with E-state index in [2.05, 4.69) is 38.1 Å². The second-order valence-corrected chi connectivity index (χ2v) is 10.8. The Kier molecular flexibility index (Phi) is 7.00. The quantitative estimate of drug-likeness (QED) is 0.252. The Bertz CT molecular complexity index is 1390. The average molecular weight is 624 g/mol. The van der Waals surface area contributed by atoms with Crippen molar-refractivity contribution in [1.29, 1.82) is 0 Å². The van der Waals surface area contributed by atoms with E-state index >= 15 is 8.78 Å². The van der Waals surface area contributed by atoms with E-state index in [0.717, 1.165) is 35.9 Å². The maximum Gasteiger partial charge on any atom is 0.300 e. The molecule has 0 radical (unpaired) electrons. The molecule has 0 fully saturated rings. The third-order valence-electron chi connectivity index (χ3n) is 7.31. The summed E-state index contributed by atoms with van der Waals surface area (Å²) in [6.45, 7) is 9.31. The molecular formula is C27H31F2IN4O3. The molecule has 7 nitrogen and oxygen atoms in total. The Morgan fingerprint density at radius 3 is 2.51 bits per heavy atom. The van der Waals surface area contributed by atoms with Crippen LogP contribution in [-0.2, 0) is 21.1 Å². The molecular weight excluding hydrogens is 593 g/mol. The Morgan fingerprint density at radius 2 is 1.89 bits per heavy atom. The smallest absolute Gasteiger partial charge is 0.300 e. The highest BCUT2D eigenvalue weighted by Gasteiger charge is 2.49. The van der Waals surface area contributed by atoms with Gasteiger partial charge >= 0.3 is 5.92 Å². The largest absolute Gasteiger partial charge is 0.384 e. The third kappa shape index (κ3) is 4.36. The van der Waals surface area contributed by atoms with Crippen LogP contribution >= 0.6 is 22.6 Å². The van der Waals surface area contributed by atoms with Gasteiger partial charge in [0.05, 0.1) is 22.0 Å². The molecule has 0 spiro atoms. The van der Waals surface area contributed by atoms with E-state index < -0.39 is 23.2 Å². The van der Waals surface area contributed by atoms with E-state index in [4.69, 9.17) is 4.74 Å². The first-order valence-corrected chi connectivity index (χ1v) is 13.4. The summed E-state index contributed by atoms with van der Waals surface area (Å²) < 4.78 is 36.3. The van der Waals surface area contributed by atoms with Gasteiger partial charge in [-0.3, -0.25) is 4.79 Å². The minimum atomic E-state index is -3.44. The number of benzene rings is 2. The van der Waals surface area contributed by atoms with Gasteiger partial charge in [0, 0.05) is 28.9 Å². The number of rotatable bonds is 7. The molecule has 4 rings (SSSR count). The highest BCUT2D eigenvalue weighted by Crippen LogP contribution is 2.46. The first-order valence-electron chi connectivity index (χ1n) is 11.9. The van der Waals surface area contributed by atoms with E-state index in [1.165, 1.54) is 6.07 Å². The number of ether oxygens (including phenoxy) is 1. The molecule has 2 N–H and O–H groups in total. The minimum Gasteiger partial charge on any atom is -0.384 e. The van der Waals surface area contributed by atoms with E-state index in [1.54, 1.807) is 37.9 Å². The molecule has 3 aromatic rings. The topological polar surface area (TPSA) is 87.6 Å². The SMILES string of the molecule is Cc1c([C@@H](C)Nc2nnc(C)c3cc4c(cc23)N(C)C(=O)C4(C)OCI)cccc1C(F)(F)C(C)(C)O. The van der Waals surface area contributed by atoms with Gasteiger partial charge in [-0.1, -0.05) is 40.8 Å². The maximum atomic E-state index is 15.0. The molecule has 37 heavy (non-hydrogen) atoms. The van der Waals surface area contributed by atoms with Crippen LogP contribution in [0.25, 0.3) is 10.8 Å². The zero-order valence-corrected chi connectivity index (χ0v) is 24.1. The monoisotopic (exact) mass is 624 g/mol. The number of aliphatic hydroxyl groups is 1. The number of alkyl halides is 3. The van der Waals surface area contributed by atoms with Crippen LogP contribution in [0.15, 0.2) is 30.3 Å². The van der Waals surface area contributed by atoms with E-state index in [-0.39, 0.29) is 11.5 Å². The van der Waals surface area contributed by atoms with Crippen LogP contribution in [0.1, 0.15) is 61.7 Å². The fourth-order valence-electron chi connectivity index (χ4n) is 4.95. The molecule has 1 amide bonds. The minimum absolute atomic E-state index is 0.156. The summed E-state index contributed by atoms with van der Waals surface area (Å²) >= 11 is 2.08. The highest BCUT2D eigenvalue weighted by molar-refractivity contribution is 14.1. The Morgan fingerprint density at radius 1 is 1.22 bits per heavy atom. The van der Waals surface area contributed by atoms with Gasteiger partial charge in [0.25, 0.3) is 5.91 Å². The number of carbonyl (C=O) groups is 1. The number of hydrogen-bond donors (Lipinski definition) is 2. The lowest BCUT2D eigenvalue weighted by Gasteiger charge is -2.31. The number of fused-ring (bicyclic) bond motifs is 2. The number of aromatic nitrogens is 2. The molecule has 1 aliphatic heterocycles. The molecule has 1 unspecified atom stereocenters. The van der Waals surface area contributed by atoms with E-state index in [1.807, 2.05) is 26.0 Å². The molecule has 1 aromatic heterocycles. The number of nitrogens with zero attached hydrogens (tertiary/aromatic N) is 3. The second kappa shape index (κ2) is 9.39. The molecule has 0 bridgehead atoms. The number of amides is 1. The van der Waals surface area contributed by atoms with Crippen molar-refractivity contribution in [2.24, 2.45) is 0 Å². The van der Waals surface area contributed by atoms with Gasteiger partial charge in [-0.25, -0.2) is 0 Å². The lowest BCUT2D eigenvalue weighted by molar-refractivity contribution is -0.168. The van der Waals surface area contributed by atoms with Gasteiger partial charge < -0.3 is 20.1 Å². The van der Waals surface area contributed by atoms with Gasteiger partial charge in [0.15, 0.2) is 11.4 Å². The Balaban J connectivity index is 1.79. The summed E-state index contributed by atoms with van der Waals surface area (Å²) in [5.41, 5.74) is -0.334. The summed E-state index contributed by atoms with van der Waals surface area (Å²) in [6, 6.07) is 8.10. The van der Waals surface area contributed by atoms with Crippen LogP contribution in [0.4, 0.5) is 20.3 Å². The van der Waals surface area contributed by atoms with E-state index in [9.17, 15) is 9.90 Å². The van der Waals surface area contributed by atoms with Gasteiger partial charge in [0.2, 0.25) is 0 Å². The van der Waals surface area contributed by atoms with Gasteiger partial charge in [-0.05, 0) is 64.8 Å². The fourth-order valence-corrected chi connectivity index (χ4v) is 5.57. The zero-order chi connectivity index (χ0) is 27.5. The molecule has 1 aliphatic rings. The number of likely N-dealkylation sites (N-methyl/N-ethyl adjacent to an activating group) is 1. The van der Waals surface area contributed by atoms with Gasteiger partial charge in [-0.15, -0.1) is 5.10 Å². The summed E-state index contributed by atoms with van der Waals surface area (Å²) in [5.74, 6) is -3.12. The maximum absolute atomic E-state index is 15.0. The van der Waals surface area contributed by atoms with Gasteiger partial charge in [-0.2, -0.15) is 13.9 Å². The van der Waals surface area contributed by atoms with Gasteiger partial charge in [0.1, 0.15) is 5.60 Å². The van der Waals surface area contributed by atoms with Crippen molar-refractivity contribution in [1.82, 2.24) is 10.2 Å². The molecule has 198 valence electrons. The van der Waals surface area contributed by atoms with Crippen LogP contribution in [-0.4, -0.2) is 38.5 Å². The molecule has 2 atom stereocenters. The molecule has 0 saturated carbocycles. The highest BCUT2D eigenvalue weighted by atomic mass is 127. The lowest BCUT2D eigenvalue weighted by atomic mass is 9.87. The molecule has 0 aliphatic carbocycles. The number of halogens is 3. The summed E-state index contributed by atoms with van der Waals surface area (Å²) in [5, 5.41) is 23.7. The molecule has 0 saturated heterocycles. The Labute approximate surface area is 228 Å². The predicted molar refractivity (Wildman–Crippen MR) is 148 cm³/mol. The predicted octanol–water partition coefficient (Wildman–Crippen LogP) is 5.88. The third-order valence-corrected chi connectivity index (χ3v) is 7.63. The fraction of sp³-hybridized carbons (Fsp3) is 0.444. The van der Waals surface area contributed by atoms with Crippen molar-refractivity contribution >= 4 is 50.8 Å². The van der Waals surface area contributed by atoms with Crippen molar-refractivity contribution < 1.29 is 23.4 Å². The van der Waals surface area contributed by atoms with Crippen LogP contribution < -0.4 is 10.2 Å². The molecule has 10 heteroatoms. The average Bonchev–Trinajstić information content (AvgIpc) is 3.00. The van der Waals surface area contributed by atoms with Crippen molar-refractivity contribution in [3.05, 3.63) is 58.3 Å². The van der Waals surface area contributed by atoms with Crippen LogP contribution in [0.3, 0.4) is 0 Å².